The number of Topliss-reactive ketones (excluding diaryl/α,β-unsaturated/α-hetero) is 1. The molecule has 0 N–H and O–H groups in total. The average Bonchev–Trinajstić information content (AvgIpc) is 3.31. The van der Waals surface area contributed by atoms with Crippen molar-refractivity contribution in [1.29, 1.82) is 0 Å². The van der Waals surface area contributed by atoms with Crippen LogP contribution in [0.1, 0.15) is 28.8 Å². The van der Waals surface area contributed by atoms with Crippen molar-refractivity contribution in [2.45, 2.75) is 19.4 Å². The zero-order chi connectivity index (χ0) is 13.9. The van der Waals surface area contributed by atoms with E-state index in [4.69, 9.17) is 16.3 Å². The summed E-state index contributed by atoms with van der Waals surface area (Å²) in [7, 11) is 0. The molecule has 0 atom stereocenters. The summed E-state index contributed by atoms with van der Waals surface area (Å²) in [4.78, 5) is 11.9. The first-order chi connectivity index (χ1) is 9.72. The molecule has 2 aromatic rings. The van der Waals surface area contributed by atoms with Crippen molar-refractivity contribution in [2.24, 2.45) is 5.92 Å². The van der Waals surface area contributed by atoms with Crippen molar-refractivity contribution in [2.75, 3.05) is 0 Å². The Kier molecular flexibility index (Phi) is 3.75. The fourth-order valence-electron chi connectivity index (χ4n) is 2.04. The lowest BCUT2D eigenvalue weighted by Crippen LogP contribution is -2.01. The Morgan fingerprint density at radius 3 is 2.30 bits per heavy atom. The van der Waals surface area contributed by atoms with Gasteiger partial charge in [-0.3, -0.25) is 4.79 Å². The highest BCUT2D eigenvalue weighted by atomic mass is 35.5. The fraction of sp³-hybridized carbons (Fsp3) is 0.235. The second-order valence-corrected chi connectivity index (χ2v) is 5.51. The van der Waals surface area contributed by atoms with Crippen LogP contribution in [0.15, 0.2) is 48.5 Å². The summed E-state index contributed by atoms with van der Waals surface area (Å²) < 4.78 is 5.69. The van der Waals surface area contributed by atoms with E-state index < -0.39 is 0 Å². The van der Waals surface area contributed by atoms with E-state index in [1.807, 2.05) is 48.5 Å². The summed E-state index contributed by atoms with van der Waals surface area (Å²) in [6.45, 7) is 0.493. The third-order valence-corrected chi connectivity index (χ3v) is 3.66. The van der Waals surface area contributed by atoms with E-state index in [2.05, 4.69) is 0 Å². The van der Waals surface area contributed by atoms with E-state index in [0.717, 1.165) is 34.7 Å². The number of ketones is 1. The van der Waals surface area contributed by atoms with Crippen LogP contribution in [-0.2, 0) is 6.61 Å². The highest BCUT2D eigenvalue weighted by Crippen LogP contribution is 2.32. The molecule has 1 aliphatic carbocycles. The molecule has 0 radical (unpaired) electrons. The number of hydrogen-bond donors (Lipinski definition) is 0. The van der Waals surface area contributed by atoms with Crippen LogP contribution in [0.25, 0.3) is 0 Å². The minimum absolute atomic E-state index is 0.259. The Labute approximate surface area is 123 Å². The molecule has 0 bridgehead atoms. The summed E-state index contributed by atoms with van der Waals surface area (Å²) in [6.07, 6.45) is 2.07. The number of hydrogen-bond acceptors (Lipinski definition) is 2. The topological polar surface area (TPSA) is 26.3 Å². The average molecular weight is 287 g/mol. The molecule has 0 saturated heterocycles. The normalized spacial score (nSPS) is 14.1. The largest absolute Gasteiger partial charge is 0.489 e. The number of carbonyl (C=O) groups excluding carboxylic acids is 1. The second kappa shape index (κ2) is 5.68. The van der Waals surface area contributed by atoms with Crippen molar-refractivity contribution in [1.82, 2.24) is 0 Å². The summed E-state index contributed by atoms with van der Waals surface area (Å²) in [5, 5.41) is 0.719. The Morgan fingerprint density at radius 1 is 1.05 bits per heavy atom. The number of rotatable bonds is 5. The smallest absolute Gasteiger partial charge is 0.165 e. The van der Waals surface area contributed by atoms with Crippen molar-refractivity contribution >= 4 is 17.4 Å². The van der Waals surface area contributed by atoms with Crippen LogP contribution in [-0.4, -0.2) is 5.78 Å². The molecule has 3 rings (SSSR count). The molecule has 2 nitrogen and oxygen atoms in total. The molecule has 102 valence electrons. The minimum atomic E-state index is 0.259. The van der Waals surface area contributed by atoms with Crippen LogP contribution >= 0.6 is 11.6 Å². The molecule has 1 fully saturated rings. The monoisotopic (exact) mass is 286 g/mol. The molecule has 2 aromatic carbocycles. The predicted molar refractivity (Wildman–Crippen MR) is 79.3 cm³/mol. The summed E-state index contributed by atoms with van der Waals surface area (Å²) in [5.74, 6) is 1.29. The molecule has 0 amide bonds. The van der Waals surface area contributed by atoms with Gasteiger partial charge in [-0.25, -0.2) is 0 Å². The zero-order valence-electron chi connectivity index (χ0n) is 11.0. The van der Waals surface area contributed by atoms with Crippen LogP contribution in [0.2, 0.25) is 5.02 Å². The molecule has 3 heteroatoms. The van der Waals surface area contributed by atoms with Gasteiger partial charge < -0.3 is 4.74 Å². The molecule has 1 aliphatic rings. The van der Waals surface area contributed by atoms with Crippen LogP contribution < -0.4 is 4.74 Å². The van der Waals surface area contributed by atoms with E-state index in [1.54, 1.807) is 0 Å². The van der Waals surface area contributed by atoms with Gasteiger partial charge in [-0.15, -0.1) is 0 Å². The van der Waals surface area contributed by atoms with Gasteiger partial charge in [-0.1, -0.05) is 23.7 Å². The lowest BCUT2D eigenvalue weighted by atomic mass is 10.1. The minimum Gasteiger partial charge on any atom is -0.489 e. The van der Waals surface area contributed by atoms with Crippen molar-refractivity contribution in [3.8, 4) is 5.75 Å². The Hall–Kier alpha value is -1.80. The second-order valence-electron chi connectivity index (χ2n) is 5.08. The third-order valence-electron chi connectivity index (χ3n) is 3.41. The first kappa shape index (κ1) is 13.2. The van der Waals surface area contributed by atoms with E-state index >= 15 is 0 Å². The van der Waals surface area contributed by atoms with Gasteiger partial charge in [0.05, 0.1) is 0 Å². The maximum absolute atomic E-state index is 11.9. The summed E-state index contributed by atoms with van der Waals surface area (Å²) in [5.41, 5.74) is 1.85. The number of carbonyl (C=O) groups is 1. The van der Waals surface area contributed by atoms with Crippen LogP contribution in [0.5, 0.6) is 5.75 Å². The number of ether oxygens (including phenoxy) is 1. The Morgan fingerprint density at radius 2 is 1.70 bits per heavy atom. The molecule has 0 aliphatic heterocycles. The van der Waals surface area contributed by atoms with Crippen LogP contribution in [0.4, 0.5) is 0 Å². The summed E-state index contributed by atoms with van der Waals surface area (Å²) in [6, 6.07) is 15.0. The highest BCUT2D eigenvalue weighted by molar-refractivity contribution is 6.30. The third kappa shape index (κ3) is 3.20. The standard InChI is InChI=1S/C17H15ClO2/c18-15-7-1-12(2-8-15)11-20-16-9-5-14(6-10-16)17(19)13-3-4-13/h1-2,5-10,13H,3-4,11H2. The van der Waals surface area contributed by atoms with Crippen LogP contribution in [0.3, 0.4) is 0 Å². The Bertz CT molecular complexity index is 598. The maximum atomic E-state index is 11.9. The highest BCUT2D eigenvalue weighted by Gasteiger charge is 2.30. The van der Waals surface area contributed by atoms with Gasteiger partial charge in [0.1, 0.15) is 12.4 Å². The van der Waals surface area contributed by atoms with Crippen LogP contribution in [0, 0.1) is 5.92 Å². The summed E-state index contributed by atoms with van der Waals surface area (Å²) >= 11 is 5.83. The molecule has 20 heavy (non-hydrogen) atoms. The SMILES string of the molecule is O=C(c1ccc(OCc2ccc(Cl)cc2)cc1)C1CC1. The van der Waals surface area contributed by atoms with Gasteiger partial charge in [0.15, 0.2) is 5.78 Å². The maximum Gasteiger partial charge on any atom is 0.165 e. The van der Waals surface area contributed by atoms with Gasteiger partial charge >= 0.3 is 0 Å². The van der Waals surface area contributed by atoms with Crippen molar-refractivity contribution in [3.05, 3.63) is 64.7 Å². The van der Waals surface area contributed by atoms with Gasteiger partial charge in [-0.05, 0) is 54.8 Å². The van der Waals surface area contributed by atoms with E-state index in [-0.39, 0.29) is 11.7 Å². The first-order valence-corrected chi connectivity index (χ1v) is 7.12. The van der Waals surface area contributed by atoms with Gasteiger partial charge in [0.2, 0.25) is 0 Å². The lowest BCUT2D eigenvalue weighted by Gasteiger charge is -2.07. The fourth-order valence-corrected chi connectivity index (χ4v) is 2.17. The molecule has 0 unspecified atom stereocenters. The molecule has 0 spiro atoms. The lowest BCUT2D eigenvalue weighted by molar-refractivity contribution is 0.0967. The first-order valence-electron chi connectivity index (χ1n) is 6.74. The number of benzene rings is 2. The quantitative estimate of drug-likeness (QED) is 0.756. The van der Waals surface area contributed by atoms with Crippen molar-refractivity contribution < 1.29 is 9.53 Å². The molecular formula is C17H15ClO2. The van der Waals surface area contributed by atoms with E-state index in [9.17, 15) is 4.79 Å². The van der Waals surface area contributed by atoms with Crippen molar-refractivity contribution in [3.63, 3.8) is 0 Å². The van der Waals surface area contributed by atoms with E-state index in [1.165, 1.54) is 0 Å². The van der Waals surface area contributed by atoms with Gasteiger partial charge in [-0.2, -0.15) is 0 Å². The molecule has 0 aromatic heterocycles. The predicted octanol–water partition coefficient (Wildman–Crippen LogP) is 4.51. The number of halogens is 1. The van der Waals surface area contributed by atoms with E-state index in [0.29, 0.717) is 6.61 Å². The molecule has 0 heterocycles. The molecule has 1 saturated carbocycles. The zero-order valence-corrected chi connectivity index (χ0v) is 11.8. The molecular weight excluding hydrogens is 272 g/mol. The Balaban J connectivity index is 1.60. The van der Waals surface area contributed by atoms with Gasteiger partial charge in [0, 0.05) is 16.5 Å². The van der Waals surface area contributed by atoms with Gasteiger partial charge in [0.25, 0.3) is 0 Å².